The Morgan fingerprint density at radius 3 is 2.32 bits per heavy atom. The Morgan fingerprint density at radius 2 is 1.68 bits per heavy atom. The van der Waals surface area contributed by atoms with Gasteiger partial charge in [-0.15, -0.1) is 0 Å². The third-order valence-electron chi connectivity index (χ3n) is 6.61. The number of piperidine rings is 1. The van der Waals surface area contributed by atoms with Gasteiger partial charge in [0, 0.05) is 47.5 Å². The Labute approximate surface area is 232 Å². The molecule has 198 valence electrons. The maximum absolute atomic E-state index is 14.4. The lowest BCUT2D eigenvalue weighted by Crippen LogP contribution is -2.53. The van der Waals surface area contributed by atoms with Gasteiger partial charge in [-0.05, 0) is 46.5 Å². The predicted octanol–water partition coefficient (Wildman–Crippen LogP) is 4.18. The van der Waals surface area contributed by atoms with E-state index in [0.717, 1.165) is 5.56 Å². The van der Waals surface area contributed by atoms with Crippen molar-refractivity contribution < 1.29 is 23.5 Å². The molecule has 1 atom stereocenters. The van der Waals surface area contributed by atoms with Crippen LogP contribution in [0.25, 0.3) is 0 Å². The molecule has 11 heteroatoms. The number of nitrogens with zero attached hydrogens (tertiary/aromatic N) is 2. The first-order valence-corrected chi connectivity index (χ1v) is 13.8. The molecule has 0 aromatic heterocycles. The number of rotatable bonds is 6. The molecule has 37 heavy (non-hydrogen) atoms. The van der Waals surface area contributed by atoms with Gasteiger partial charge in [0.2, 0.25) is 11.8 Å². The van der Waals surface area contributed by atoms with E-state index in [2.05, 4.69) is 42.5 Å². The Morgan fingerprint density at radius 1 is 1.00 bits per heavy atom. The highest BCUT2D eigenvalue weighted by Gasteiger charge is 2.34. The number of morpholine rings is 1. The lowest BCUT2D eigenvalue weighted by atomic mass is 9.94. The quantitative estimate of drug-likeness (QED) is 0.496. The Bertz CT molecular complexity index is 1100. The van der Waals surface area contributed by atoms with Gasteiger partial charge in [-0.2, -0.15) is 0 Å². The zero-order valence-corrected chi connectivity index (χ0v) is 23.4. The highest BCUT2D eigenvalue weighted by Crippen LogP contribution is 2.29. The molecule has 0 aliphatic carbocycles. The molecule has 0 bridgehead atoms. The smallest absolute Gasteiger partial charge is 0.320 e. The molecule has 2 aromatic rings. The summed E-state index contributed by atoms with van der Waals surface area (Å²) >= 11 is 6.47. The molecular formula is C26H29Br2FN4O4. The standard InChI is InChI=1S/C26H29Br2FN4O4/c27-19-15-20(28)23(21(29)16-19)31-26(36)30-22(14-17-4-2-1-3-5-17)25(35)32-8-6-18(7-9-32)24(34)33-10-12-37-13-11-33/h1-5,15-16,18,22H,6-14H2,(H2,30,31,36)/t22-/m0/s1. The second-order valence-corrected chi connectivity index (χ2v) is 10.9. The molecule has 2 aliphatic heterocycles. The minimum absolute atomic E-state index is 0.0194. The van der Waals surface area contributed by atoms with Crippen molar-refractivity contribution >= 4 is 55.4 Å². The molecule has 0 radical (unpaired) electrons. The Kier molecular flexibility index (Phi) is 9.55. The maximum Gasteiger partial charge on any atom is 0.320 e. The van der Waals surface area contributed by atoms with E-state index >= 15 is 0 Å². The summed E-state index contributed by atoms with van der Waals surface area (Å²) in [6.45, 7) is 3.18. The molecule has 2 aromatic carbocycles. The van der Waals surface area contributed by atoms with Gasteiger partial charge in [-0.25, -0.2) is 9.18 Å². The van der Waals surface area contributed by atoms with Crippen molar-refractivity contribution in [3.63, 3.8) is 0 Å². The summed E-state index contributed by atoms with van der Waals surface area (Å²) in [5.74, 6) is -0.847. The average Bonchev–Trinajstić information content (AvgIpc) is 2.90. The van der Waals surface area contributed by atoms with Crippen molar-refractivity contribution in [3.05, 3.63) is 62.8 Å². The fourth-order valence-corrected chi connectivity index (χ4v) is 5.90. The highest BCUT2D eigenvalue weighted by molar-refractivity contribution is 9.11. The zero-order valence-electron chi connectivity index (χ0n) is 20.2. The van der Waals surface area contributed by atoms with Crippen LogP contribution in [0.3, 0.4) is 0 Å². The Balaban J connectivity index is 1.41. The molecule has 4 rings (SSSR count). The molecule has 0 spiro atoms. The normalized spacial score (nSPS) is 17.3. The van der Waals surface area contributed by atoms with Crippen molar-refractivity contribution in [1.29, 1.82) is 0 Å². The van der Waals surface area contributed by atoms with Gasteiger partial charge in [0.1, 0.15) is 11.9 Å². The van der Waals surface area contributed by atoms with E-state index in [1.807, 2.05) is 35.2 Å². The maximum atomic E-state index is 14.4. The van der Waals surface area contributed by atoms with Gasteiger partial charge in [-0.1, -0.05) is 46.3 Å². The highest BCUT2D eigenvalue weighted by atomic mass is 79.9. The molecule has 2 N–H and O–H groups in total. The van der Waals surface area contributed by atoms with Crippen LogP contribution in [0, 0.1) is 11.7 Å². The van der Waals surface area contributed by atoms with Gasteiger partial charge in [0.25, 0.3) is 0 Å². The summed E-state index contributed by atoms with van der Waals surface area (Å²) in [5, 5.41) is 5.25. The third-order valence-corrected chi connectivity index (χ3v) is 7.69. The van der Waals surface area contributed by atoms with Gasteiger partial charge in [0.05, 0.1) is 18.9 Å². The number of urea groups is 1. The van der Waals surface area contributed by atoms with E-state index < -0.39 is 17.9 Å². The molecule has 0 saturated carbocycles. The Hall–Kier alpha value is -2.50. The second-order valence-electron chi connectivity index (χ2n) is 9.12. The first-order valence-electron chi connectivity index (χ1n) is 12.2. The molecule has 0 unspecified atom stereocenters. The van der Waals surface area contributed by atoms with Gasteiger partial charge < -0.3 is 25.2 Å². The lowest BCUT2D eigenvalue weighted by molar-refractivity contribution is -0.144. The van der Waals surface area contributed by atoms with Crippen LogP contribution in [-0.2, 0) is 20.7 Å². The number of carbonyl (C=O) groups excluding carboxylic acids is 3. The summed E-state index contributed by atoms with van der Waals surface area (Å²) in [5.41, 5.74) is 0.864. The van der Waals surface area contributed by atoms with E-state index in [9.17, 15) is 18.8 Å². The summed E-state index contributed by atoms with van der Waals surface area (Å²) in [7, 11) is 0. The van der Waals surface area contributed by atoms with Crippen molar-refractivity contribution in [3.8, 4) is 0 Å². The van der Waals surface area contributed by atoms with Crippen LogP contribution in [0.15, 0.2) is 51.4 Å². The number of anilines is 1. The van der Waals surface area contributed by atoms with Crippen molar-refractivity contribution in [2.75, 3.05) is 44.7 Å². The van der Waals surface area contributed by atoms with Crippen molar-refractivity contribution in [1.82, 2.24) is 15.1 Å². The lowest BCUT2D eigenvalue weighted by Gasteiger charge is -2.36. The van der Waals surface area contributed by atoms with Crippen LogP contribution >= 0.6 is 31.9 Å². The van der Waals surface area contributed by atoms with Gasteiger partial charge >= 0.3 is 6.03 Å². The number of likely N-dealkylation sites (tertiary alicyclic amines) is 1. The number of halogens is 3. The van der Waals surface area contributed by atoms with E-state index in [4.69, 9.17) is 4.74 Å². The summed E-state index contributed by atoms with van der Waals surface area (Å²) in [4.78, 5) is 42.8. The van der Waals surface area contributed by atoms with Crippen LogP contribution in [0.2, 0.25) is 0 Å². The average molecular weight is 640 g/mol. The number of ether oxygens (including phenoxy) is 1. The van der Waals surface area contributed by atoms with Crippen LogP contribution in [0.1, 0.15) is 18.4 Å². The molecule has 4 amide bonds. The fourth-order valence-electron chi connectivity index (χ4n) is 4.63. The van der Waals surface area contributed by atoms with E-state index in [0.29, 0.717) is 61.2 Å². The monoisotopic (exact) mass is 638 g/mol. The van der Waals surface area contributed by atoms with E-state index in [1.54, 1.807) is 11.0 Å². The van der Waals surface area contributed by atoms with Gasteiger partial charge in [-0.3, -0.25) is 9.59 Å². The molecule has 8 nitrogen and oxygen atoms in total. The van der Waals surface area contributed by atoms with E-state index in [-0.39, 0.29) is 29.8 Å². The summed E-state index contributed by atoms with van der Waals surface area (Å²) in [6.07, 6.45) is 1.43. The second kappa shape index (κ2) is 12.8. The van der Waals surface area contributed by atoms with Crippen LogP contribution < -0.4 is 10.6 Å². The summed E-state index contributed by atoms with van der Waals surface area (Å²) < 4.78 is 20.7. The zero-order chi connectivity index (χ0) is 26.4. The topological polar surface area (TPSA) is 91.0 Å². The van der Waals surface area contributed by atoms with Crippen LogP contribution in [0.5, 0.6) is 0 Å². The number of carbonyl (C=O) groups is 3. The first-order chi connectivity index (χ1) is 17.8. The number of hydrogen-bond donors (Lipinski definition) is 2. The molecular weight excluding hydrogens is 611 g/mol. The minimum atomic E-state index is -0.855. The van der Waals surface area contributed by atoms with Crippen LogP contribution in [0.4, 0.5) is 14.9 Å². The third kappa shape index (κ3) is 7.30. The molecule has 2 fully saturated rings. The largest absolute Gasteiger partial charge is 0.378 e. The van der Waals surface area contributed by atoms with Crippen molar-refractivity contribution in [2.24, 2.45) is 5.92 Å². The minimum Gasteiger partial charge on any atom is -0.378 e. The number of amides is 4. The SMILES string of the molecule is O=C(Nc1c(F)cc(Br)cc1Br)N[C@@H](Cc1ccccc1)C(=O)N1CCC(C(=O)N2CCOCC2)CC1. The van der Waals surface area contributed by atoms with Crippen LogP contribution in [-0.4, -0.2) is 73.1 Å². The number of hydrogen-bond acceptors (Lipinski definition) is 4. The molecule has 2 aliphatic rings. The fraction of sp³-hybridized carbons (Fsp3) is 0.423. The molecule has 2 saturated heterocycles. The number of nitrogens with one attached hydrogen (secondary N) is 2. The first kappa shape index (κ1) is 27.5. The molecule has 2 heterocycles. The van der Waals surface area contributed by atoms with Crippen molar-refractivity contribution in [2.45, 2.75) is 25.3 Å². The van der Waals surface area contributed by atoms with Gasteiger partial charge in [0.15, 0.2) is 0 Å². The summed E-state index contributed by atoms with van der Waals surface area (Å²) in [6, 6.07) is 10.7. The predicted molar refractivity (Wildman–Crippen MR) is 145 cm³/mol. The van der Waals surface area contributed by atoms with E-state index in [1.165, 1.54) is 6.07 Å². The number of benzene rings is 2.